The van der Waals surface area contributed by atoms with E-state index in [-0.39, 0.29) is 30.4 Å². The number of carbonyl (C=O) groups excluding carboxylic acids is 2. The van der Waals surface area contributed by atoms with E-state index in [9.17, 15) is 24.3 Å². The van der Waals surface area contributed by atoms with Gasteiger partial charge in [-0.25, -0.2) is 0 Å². The van der Waals surface area contributed by atoms with Crippen LogP contribution in [0.15, 0.2) is 103 Å². The zero-order valence-corrected chi connectivity index (χ0v) is 27.8. The van der Waals surface area contributed by atoms with Gasteiger partial charge in [0.15, 0.2) is 0 Å². The van der Waals surface area contributed by atoms with Crippen molar-refractivity contribution in [1.82, 2.24) is 10.3 Å². The number of benzene rings is 4. The standard InChI is InChI=1S/C39H37N3O8/c1-39(2,3)27-7-14-30(15-8-27)50-32-13-6-25-23-40-34(21-26(25)20-32)38(48)42-33(22-37(46)47)24-4-11-29(12-5-24)49-31-16-9-28(10-17-31)41-35(43)18-19-36(44)45/h4-17,20-21,23,33H,18-19,22H2,1-3H3,(H,41,43)(H,42,48)(H,44,45)(H,46,47). The van der Waals surface area contributed by atoms with Crippen molar-refractivity contribution in [1.29, 1.82) is 0 Å². The van der Waals surface area contributed by atoms with Gasteiger partial charge >= 0.3 is 11.9 Å². The molecule has 1 unspecified atom stereocenters. The first kappa shape index (κ1) is 35.1. The number of amides is 2. The molecule has 1 atom stereocenters. The van der Waals surface area contributed by atoms with Crippen LogP contribution in [0.1, 0.15) is 67.7 Å². The fourth-order valence-electron chi connectivity index (χ4n) is 5.08. The van der Waals surface area contributed by atoms with Crippen molar-refractivity contribution in [2.75, 3.05) is 5.32 Å². The van der Waals surface area contributed by atoms with Gasteiger partial charge in [-0.05, 0) is 94.7 Å². The number of hydrogen-bond acceptors (Lipinski definition) is 7. The van der Waals surface area contributed by atoms with Gasteiger partial charge in [-0.1, -0.05) is 45.0 Å². The number of fused-ring (bicyclic) bond motifs is 1. The summed E-state index contributed by atoms with van der Waals surface area (Å²) in [6.45, 7) is 6.44. The molecule has 0 spiro atoms. The van der Waals surface area contributed by atoms with Crippen LogP contribution in [0.4, 0.5) is 5.69 Å². The molecule has 5 aromatic rings. The van der Waals surface area contributed by atoms with E-state index in [1.165, 1.54) is 5.56 Å². The van der Waals surface area contributed by atoms with Gasteiger partial charge in [0.05, 0.1) is 18.9 Å². The van der Waals surface area contributed by atoms with Crippen LogP contribution in [-0.4, -0.2) is 39.0 Å². The second kappa shape index (κ2) is 15.3. The Bertz CT molecular complexity index is 2000. The molecule has 5 rings (SSSR count). The topological polar surface area (TPSA) is 164 Å². The van der Waals surface area contributed by atoms with Crippen LogP contribution in [0.3, 0.4) is 0 Å². The lowest BCUT2D eigenvalue weighted by Crippen LogP contribution is -2.30. The molecular formula is C39H37N3O8. The predicted molar refractivity (Wildman–Crippen MR) is 188 cm³/mol. The number of ether oxygens (including phenoxy) is 2. The summed E-state index contributed by atoms with van der Waals surface area (Å²) in [5.41, 5.74) is 2.40. The van der Waals surface area contributed by atoms with Gasteiger partial charge in [-0.15, -0.1) is 0 Å². The molecule has 11 nitrogen and oxygen atoms in total. The number of hydrogen-bond donors (Lipinski definition) is 4. The molecule has 2 amide bonds. The minimum Gasteiger partial charge on any atom is -0.481 e. The van der Waals surface area contributed by atoms with Gasteiger partial charge in [0.25, 0.3) is 5.91 Å². The molecule has 4 N–H and O–H groups in total. The zero-order chi connectivity index (χ0) is 35.8. The highest BCUT2D eigenvalue weighted by Crippen LogP contribution is 2.30. The van der Waals surface area contributed by atoms with Gasteiger partial charge in [0.1, 0.15) is 28.7 Å². The van der Waals surface area contributed by atoms with Crippen LogP contribution in [0.2, 0.25) is 0 Å². The van der Waals surface area contributed by atoms with Crippen LogP contribution < -0.4 is 20.1 Å². The highest BCUT2D eigenvalue weighted by molar-refractivity contribution is 5.97. The monoisotopic (exact) mass is 675 g/mol. The average molecular weight is 676 g/mol. The molecule has 50 heavy (non-hydrogen) atoms. The van der Waals surface area contributed by atoms with Crippen molar-refractivity contribution in [2.24, 2.45) is 0 Å². The normalized spacial score (nSPS) is 11.7. The maximum Gasteiger partial charge on any atom is 0.305 e. The molecular weight excluding hydrogens is 638 g/mol. The lowest BCUT2D eigenvalue weighted by Gasteiger charge is -2.19. The Balaban J connectivity index is 1.24. The zero-order valence-electron chi connectivity index (χ0n) is 27.8. The second-order valence-corrected chi connectivity index (χ2v) is 12.7. The average Bonchev–Trinajstić information content (AvgIpc) is 3.07. The van der Waals surface area contributed by atoms with Crippen molar-refractivity contribution in [2.45, 2.75) is 51.5 Å². The van der Waals surface area contributed by atoms with Crippen molar-refractivity contribution in [3.05, 3.63) is 120 Å². The van der Waals surface area contributed by atoms with Crippen LogP contribution >= 0.6 is 0 Å². The number of rotatable bonds is 13. The Morgan fingerprint density at radius 2 is 1.28 bits per heavy atom. The minimum absolute atomic E-state index is 0.0263. The number of carboxylic acids is 2. The fourth-order valence-corrected chi connectivity index (χ4v) is 5.08. The number of anilines is 1. The summed E-state index contributed by atoms with van der Waals surface area (Å²) in [4.78, 5) is 51.9. The number of pyridine rings is 1. The van der Waals surface area contributed by atoms with Crippen LogP contribution in [0, 0.1) is 0 Å². The molecule has 256 valence electrons. The molecule has 0 radical (unpaired) electrons. The van der Waals surface area contributed by atoms with E-state index in [2.05, 4.69) is 36.4 Å². The SMILES string of the molecule is CC(C)(C)c1ccc(Oc2ccc3cnc(C(=O)NC(CC(=O)O)c4ccc(Oc5ccc(NC(=O)CCC(=O)O)cc5)cc4)cc3c2)cc1. The van der Waals surface area contributed by atoms with Gasteiger partial charge in [-0.2, -0.15) is 0 Å². The van der Waals surface area contributed by atoms with Gasteiger partial charge in [-0.3, -0.25) is 24.2 Å². The third-order valence-corrected chi connectivity index (χ3v) is 7.79. The van der Waals surface area contributed by atoms with Gasteiger partial charge in [0, 0.05) is 23.7 Å². The minimum atomic E-state index is -1.09. The first-order chi connectivity index (χ1) is 23.8. The third-order valence-electron chi connectivity index (χ3n) is 7.79. The quantitative estimate of drug-likeness (QED) is 0.0972. The van der Waals surface area contributed by atoms with Crippen molar-refractivity contribution in [3.63, 3.8) is 0 Å². The number of nitrogens with zero attached hydrogens (tertiary/aromatic N) is 1. The summed E-state index contributed by atoms with van der Waals surface area (Å²) < 4.78 is 11.9. The molecule has 11 heteroatoms. The van der Waals surface area contributed by atoms with Crippen LogP contribution in [0.25, 0.3) is 10.8 Å². The maximum absolute atomic E-state index is 13.3. The lowest BCUT2D eigenvalue weighted by atomic mass is 9.87. The lowest BCUT2D eigenvalue weighted by molar-refractivity contribution is -0.138. The molecule has 0 fully saturated rings. The largest absolute Gasteiger partial charge is 0.481 e. The molecule has 1 aromatic heterocycles. The summed E-state index contributed by atoms with van der Waals surface area (Å²) in [6.07, 6.45) is 0.841. The summed E-state index contributed by atoms with van der Waals surface area (Å²) in [5, 5.41) is 25.3. The first-order valence-electron chi connectivity index (χ1n) is 15.9. The summed E-state index contributed by atoms with van der Waals surface area (Å²) in [6, 6.07) is 27.4. The van der Waals surface area contributed by atoms with E-state index in [4.69, 9.17) is 14.6 Å². The van der Waals surface area contributed by atoms with E-state index in [1.807, 2.05) is 42.5 Å². The van der Waals surface area contributed by atoms with Crippen LogP contribution in [0.5, 0.6) is 23.0 Å². The number of carboxylic acid groups (broad SMARTS) is 2. The Kier molecular flexibility index (Phi) is 10.8. The maximum atomic E-state index is 13.3. The van der Waals surface area contributed by atoms with Gasteiger partial charge in [0.2, 0.25) is 5.91 Å². The number of nitrogens with one attached hydrogen (secondary N) is 2. The Morgan fingerprint density at radius 3 is 1.88 bits per heavy atom. The molecule has 4 aromatic carbocycles. The number of carbonyl (C=O) groups is 4. The fraction of sp³-hybridized carbons (Fsp3) is 0.205. The molecule has 0 aliphatic rings. The highest BCUT2D eigenvalue weighted by atomic mass is 16.5. The molecule has 0 bridgehead atoms. The third kappa shape index (κ3) is 9.66. The Labute approximate surface area is 288 Å². The predicted octanol–water partition coefficient (Wildman–Crippen LogP) is 7.87. The molecule has 0 saturated heterocycles. The van der Waals surface area contributed by atoms with Gasteiger partial charge < -0.3 is 30.3 Å². The van der Waals surface area contributed by atoms with Crippen molar-refractivity contribution in [3.8, 4) is 23.0 Å². The molecule has 0 aliphatic heterocycles. The van der Waals surface area contributed by atoms with E-state index in [1.54, 1.807) is 60.8 Å². The number of aromatic nitrogens is 1. The van der Waals surface area contributed by atoms with E-state index in [0.717, 1.165) is 10.8 Å². The van der Waals surface area contributed by atoms with Crippen molar-refractivity contribution < 1.29 is 38.9 Å². The van der Waals surface area contributed by atoms with E-state index >= 15 is 0 Å². The summed E-state index contributed by atoms with van der Waals surface area (Å²) in [5.74, 6) is -0.849. The first-order valence-corrected chi connectivity index (χ1v) is 15.9. The van der Waals surface area contributed by atoms with Crippen LogP contribution in [-0.2, 0) is 19.8 Å². The molecule has 1 heterocycles. The second-order valence-electron chi connectivity index (χ2n) is 12.7. The molecule has 0 aliphatic carbocycles. The highest BCUT2D eigenvalue weighted by Gasteiger charge is 2.20. The smallest absolute Gasteiger partial charge is 0.305 e. The number of aliphatic carboxylic acids is 2. The summed E-state index contributed by atoms with van der Waals surface area (Å²) >= 11 is 0. The van der Waals surface area contributed by atoms with Crippen molar-refractivity contribution >= 4 is 40.2 Å². The summed E-state index contributed by atoms with van der Waals surface area (Å²) in [7, 11) is 0. The van der Waals surface area contributed by atoms with E-state index in [0.29, 0.717) is 34.2 Å². The Morgan fingerprint density at radius 1 is 0.700 bits per heavy atom. The Hall–Kier alpha value is -6.23. The molecule has 0 saturated carbocycles. The van der Waals surface area contributed by atoms with E-state index < -0.39 is 29.8 Å².